The van der Waals surface area contributed by atoms with E-state index < -0.39 is 24.0 Å². The number of aliphatic hydroxyl groups is 1. The average Bonchev–Trinajstić information content (AvgIpc) is 2.79. The highest BCUT2D eigenvalue weighted by Crippen LogP contribution is 2.24. The van der Waals surface area contributed by atoms with Gasteiger partial charge in [0.25, 0.3) is 17.7 Å². The van der Waals surface area contributed by atoms with Gasteiger partial charge in [-0.2, -0.15) is 0 Å². The quantitative estimate of drug-likeness (QED) is 0.374. The fourth-order valence-corrected chi connectivity index (χ4v) is 3.42. The molecule has 33 heavy (non-hydrogen) atoms. The first-order chi connectivity index (χ1) is 15.6. The second-order valence-electron chi connectivity index (χ2n) is 7.91. The van der Waals surface area contributed by atoms with Crippen molar-refractivity contribution in [2.45, 2.75) is 19.1 Å². The molecule has 1 fully saturated rings. The summed E-state index contributed by atoms with van der Waals surface area (Å²) in [6.45, 7) is 2.13. The molecule has 0 spiro atoms. The van der Waals surface area contributed by atoms with Gasteiger partial charge in [-0.15, -0.1) is 0 Å². The maximum atomic E-state index is 13.1. The van der Waals surface area contributed by atoms with Gasteiger partial charge in [-0.05, 0) is 48.9 Å². The number of aryl methyl sites for hydroxylation is 1. The lowest BCUT2D eigenvalue weighted by atomic mass is 10.0. The Morgan fingerprint density at radius 1 is 1.24 bits per heavy atom. The number of nitrogens with two attached hydrogens (primary N) is 1. The Hall–Kier alpha value is -3.76. The fourth-order valence-electron chi connectivity index (χ4n) is 3.42. The lowest BCUT2D eigenvalue weighted by Gasteiger charge is -2.34. The third kappa shape index (κ3) is 5.18. The van der Waals surface area contributed by atoms with Crippen molar-refractivity contribution in [1.82, 2.24) is 4.90 Å². The van der Waals surface area contributed by atoms with E-state index in [1.54, 1.807) is 44.4 Å². The van der Waals surface area contributed by atoms with Crippen LogP contribution in [0.4, 0.5) is 11.4 Å². The van der Waals surface area contributed by atoms with Crippen LogP contribution in [0.5, 0.6) is 0 Å². The summed E-state index contributed by atoms with van der Waals surface area (Å²) in [5.74, 6) is -1.69. The number of carbonyl (C=O) groups is 3. The number of nitrogens with one attached hydrogen (secondary N) is 2. The number of aliphatic hydroxyl groups excluding tert-OH is 1. The number of anilines is 2. The molecule has 10 heteroatoms. The number of hydrogen-bond donors (Lipinski definition) is 4. The molecule has 1 aliphatic rings. The molecule has 3 amide bonds. The predicted molar refractivity (Wildman–Crippen MR) is 123 cm³/mol. The van der Waals surface area contributed by atoms with Gasteiger partial charge in [0.05, 0.1) is 6.61 Å². The zero-order chi connectivity index (χ0) is 24.3. The molecule has 10 nitrogen and oxygen atoms in total. The Kier molecular flexibility index (Phi) is 7.10. The van der Waals surface area contributed by atoms with E-state index in [1.165, 1.54) is 21.9 Å². The van der Waals surface area contributed by atoms with Crippen LogP contribution in [0.2, 0.25) is 0 Å². The Labute approximate surface area is 191 Å². The standard InChI is InChI=1S/C23H27N5O5/c1-13-4-9-16(12-17(13)22(31)27(2)3)28-10-11-33-19(23(28)32)18(29)21(30)26-15-7-5-14(6-8-15)20(24)25/h4-9,12,18-19,29H,10-11H2,1-3H3,(H3,24,25)(H,26,30)/t18?,19-/m1/s1. The van der Waals surface area contributed by atoms with Gasteiger partial charge in [-0.3, -0.25) is 19.8 Å². The molecule has 0 aliphatic carbocycles. The molecular formula is C23H27N5O5. The van der Waals surface area contributed by atoms with Crippen LogP contribution >= 0.6 is 0 Å². The van der Waals surface area contributed by atoms with Gasteiger partial charge < -0.3 is 30.7 Å². The highest BCUT2D eigenvalue weighted by molar-refractivity contribution is 6.05. The molecule has 2 aromatic carbocycles. The summed E-state index contributed by atoms with van der Waals surface area (Å²) >= 11 is 0. The first-order valence-electron chi connectivity index (χ1n) is 10.3. The van der Waals surface area contributed by atoms with Crippen LogP contribution < -0.4 is 16.0 Å². The zero-order valence-electron chi connectivity index (χ0n) is 18.7. The highest BCUT2D eigenvalue weighted by Gasteiger charge is 2.39. The van der Waals surface area contributed by atoms with Crippen molar-refractivity contribution in [3.8, 4) is 0 Å². The molecule has 0 aromatic heterocycles. The largest absolute Gasteiger partial charge is 0.384 e. The number of amides is 3. The Morgan fingerprint density at radius 3 is 2.52 bits per heavy atom. The predicted octanol–water partition coefficient (Wildman–Crippen LogP) is 0.712. The Balaban J connectivity index is 1.75. The van der Waals surface area contributed by atoms with E-state index in [-0.39, 0.29) is 24.9 Å². The molecule has 3 rings (SSSR count). The number of amidine groups is 1. The number of ether oxygens (including phenoxy) is 1. The summed E-state index contributed by atoms with van der Waals surface area (Å²) in [5.41, 5.74) is 7.98. The topological polar surface area (TPSA) is 149 Å². The monoisotopic (exact) mass is 453 g/mol. The molecular weight excluding hydrogens is 426 g/mol. The number of rotatable bonds is 6. The van der Waals surface area contributed by atoms with Gasteiger partial charge >= 0.3 is 0 Å². The molecule has 2 aromatic rings. The molecule has 1 saturated heterocycles. The van der Waals surface area contributed by atoms with E-state index in [2.05, 4.69) is 5.32 Å². The summed E-state index contributed by atoms with van der Waals surface area (Å²) < 4.78 is 5.43. The number of morpholine rings is 1. The third-order valence-corrected chi connectivity index (χ3v) is 5.31. The van der Waals surface area contributed by atoms with Gasteiger partial charge in [-0.25, -0.2) is 0 Å². The van der Waals surface area contributed by atoms with Crippen molar-refractivity contribution in [3.63, 3.8) is 0 Å². The maximum absolute atomic E-state index is 13.1. The van der Waals surface area contributed by atoms with Gasteiger partial charge in [0, 0.05) is 43.1 Å². The van der Waals surface area contributed by atoms with E-state index in [1.807, 2.05) is 6.92 Å². The van der Waals surface area contributed by atoms with Crippen LogP contribution in [0.3, 0.4) is 0 Å². The fraction of sp³-hybridized carbons (Fsp3) is 0.304. The molecule has 0 bridgehead atoms. The first kappa shape index (κ1) is 23.9. The summed E-state index contributed by atoms with van der Waals surface area (Å²) in [5, 5.41) is 20.5. The number of nitrogen functional groups attached to an aromatic ring is 1. The summed E-state index contributed by atoms with van der Waals surface area (Å²) in [6, 6.07) is 11.3. The van der Waals surface area contributed by atoms with Crippen molar-refractivity contribution in [2.75, 3.05) is 37.5 Å². The van der Waals surface area contributed by atoms with E-state index in [0.717, 1.165) is 5.56 Å². The molecule has 5 N–H and O–H groups in total. The van der Waals surface area contributed by atoms with Gasteiger partial charge in [-0.1, -0.05) is 6.07 Å². The minimum absolute atomic E-state index is 0.110. The zero-order valence-corrected chi connectivity index (χ0v) is 18.7. The van der Waals surface area contributed by atoms with Crippen molar-refractivity contribution in [1.29, 1.82) is 5.41 Å². The van der Waals surface area contributed by atoms with Crippen molar-refractivity contribution >= 4 is 34.9 Å². The molecule has 174 valence electrons. The number of benzene rings is 2. The van der Waals surface area contributed by atoms with E-state index in [4.69, 9.17) is 15.9 Å². The minimum Gasteiger partial charge on any atom is -0.384 e. The Bertz CT molecular complexity index is 1080. The van der Waals surface area contributed by atoms with Crippen LogP contribution in [0.25, 0.3) is 0 Å². The second kappa shape index (κ2) is 9.80. The minimum atomic E-state index is -1.75. The third-order valence-electron chi connectivity index (χ3n) is 5.31. The molecule has 1 heterocycles. The van der Waals surface area contributed by atoms with Crippen LogP contribution in [0.15, 0.2) is 42.5 Å². The molecule has 1 aliphatic heterocycles. The first-order valence-corrected chi connectivity index (χ1v) is 10.3. The smallest absolute Gasteiger partial charge is 0.259 e. The molecule has 0 radical (unpaired) electrons. The summed E-state index contributed by atoms with van der Waals surface area (Å²) in [6.07, 6.45) is -3.15. The van der Waals surface area contributed by atoms with Crippen LogP contribution in [-0.4, -0.2) is 73.0 Å². The average molecular weight is 453 g/mol. The van der Waals surface area contributed by atoms with E-state index in [0.29, 0.717) is 22.5 Å². The summed E-state index contributed by atoms with van der Waals surface area (Å²) in [4.78, 5) is 40.9. The second-order valence-corrected chi connectivity index (χ2v) is 7.91. The Morgan fingerprint density at radius 2 is 1.91 bits per heavy atom. The van der Waals surface area contributed by atoms with Gasteiger partial charge in [0.1, 0.15) is 5.84 Å². The lowest BCUT2D eigenvalue weighted by molar-refractivity contribution is -0.150. The normalized spacial score (nSPS) is 16.8. The summed E-state index contributed by atoms with van der Waals surface area (Å²) in [7, 11) is 3.29. The number of nitrogens with zero attached hydrogens (tertiary/aromatic N) is 2. The highest BCUT2D eigenvalue weighted by atomic mass is 16.5. The van der Waals surface area contributed by atoms with Crippen LogP contribution in [0, 0.1) is 12.3 Å². The molecule has 2 atom stereocenters. The van der Waals surface area contributed by atoms with E-state index in [9.17, 15) is 19.5 Å². The number of carbonyl (C=O) groups excluding carboxylic acids is 3. The maximum Gasteiger partial charge on any atom is 0.259 e. The van der Waals surface area contributed by atoms with Crippen molar-refractivity contribution in [3.05, 3.63) is 59.2 Å². The molecule has 0 saturated carbocycles. The van der Waals surface area contributed by atoms with Crippen molar-refractivity contribution < 1.29 is 24.2 Å². The molecule has 1 unspecified atom stereocenters. The van der Waals surface area contributed by atoms with E-state index >= 15 is 0 Å². The lowest BCUT2D eigenvalue weighted by Crippen LogP contribution is -2.55. The number of hydrogen-bond acceptors (Lipinski definition) is 6. The van der Waals surface area contributed by atoms with Crippen LogP contribution in [-0.2, 0) is 14.3 Å². The van der Waals surface area contributed by atoms with Gasteiger partial charge in [0.15, 0.2) is 12.2 Å². The van der Waals surface area contributed by atoms with Gasteiger partial charge in [0.2, 0.25) is 0 Å². The SMILES string of the molecule is Cc1ccc(N2CCO[C@H](C(O)C(=O)Nc3ccc(C(=N)N)cc3)C2=O)cc1C(=O)N(C)C. The van der Waals surface area contributed by atoms with Crippen LogP contribution in [0.1, 0.15) is 21.5 Å². The van der Waals surface area contributed by atoms with Crippen molar-refractivity contribution in [2.24, 2.45) is 5.73 Å².